The van der Waals surface area contributed by atoms with Crippen molar-refractivity contribution in [1.29, 1.82) is 0 Å². The number of carbonyl (C=O) groups excluding carboxylic acids is 1. The minimum atomic E-state index is -0.416. The molecule has 1 aliphatic rings. The number of hydrogen-bond donors (Lipinski definition) is 1. The van der Waals surface area contributed by atoms with Crippen molar-refractivity contribution in [2.24, 2.45) is 17.3 Å². The van der Waals surface area contributed by atoms with Gasteiger partial charge in [0.1, 0.15) is 5.60 Å². The Kier molecular flexibility index (Phi) is 4.34. The first-order valence-corrected chi connectivity index (χ1v) is 7.06. The van der Waals surface area contributed by atoms with E-state index in [1.165, 1.54) is 0 Å². The standard InChI is InChI=1S/C15H29NO2/c1-10(2)15(11(3)4)8-12(9-15)16-13(17)18-14(5,6)7/h10-12H,8-9H2,1-7H3,(H,16,17). The average Bonchev–Trinajstić information content (AvgIpc) is 2.05. The lowest BCUT2D eigenvalue weighted by atomic mass is 9.54. The molecule has 0 aromatic rings. The Morgan fingerprint density at radius 1 is 1.17 bits per heavy atom. The summed E-state index contributed by atoms with van der Waals surface area (Å²) in [4.78, 5) is 11.7. The predicted octanol–water partition coefficient (Wildman–Crippen LogP) is 3.97. The molecular formula is C15H29NO2. The van der Waals surface area contributed by atoms with E-state index in [0.29, 0.717) is 17.3 Å². The fourth-order valence-electron chi connectivity index (χ4n) is 3.04. The molecule has 0 aromatic heterocycles. The summed E-state index contributed by atoms with van der Waals surface area (Å²) in [5.74, 6) is 1.32. The van der Waals surface area contributed by atoms with Crippen LogP contribution >= 0.6 is 0 Å². The minimum absolute atomic E-state index is 0.282. The molecule has 1 aliphatic carbocycles. The van der Waals surface area contributed by atoms with Crippen LogP contribution in [0.2, 0.25) is 0 Å². The molecule has 1 amide bonds. The second-order valence-electron chi connectivity index (χ2n) is 7.29. The molecule has 0 aromatic carbocycles. The van der Waals surface area contributed by atoms with E-state index in [1.807, 2.05) is 20.8 Å². The highest BCUT2D eigenvalue weighted by Gasteiger charge is 2.49. The van der Waals surface area contributed by atoms with E-state index in [1.54, 1.807) is 0 Å². The largest absolute Gasteiger partial charge is 0.444 e. The number of ether oxygens (including phenoxy) is 1. The zero-order valence-corrected chi connectivity index (χ0v) is 13.0. The molecular weight excluding hydrogens is 226 g/mol. The molecule has 0 saturated heterocycles. The zero-order valence-electron chi connectivity index (χ0n) is 13.0. The Bertz CT molecular complexity index is 286. The number of hydrogen-bond acceptors (Lipinski definition) is 2. The molecule has 3 heteroatoms. The van der Waals surface area contributed by atoms with Gasteiger partial charge in [-0.25, -0.2) is 4.79 Å². The van der Waals surface area contributed by atoms with Gasteiger partial charge in [-0.3, -0.25) is 0 Å². The highest BCUT2D eigenvalue weighted by Crippen LogP contribution is 2.52. The third-order valence-electron chi connectivity index (χ3n) is 4.27. The van der Waals surface area contributed by atoms with Gasteiger partial charge in [0, 0.05) is 6.04 Å². The first-order valence-electron chi connectivity index (χ1n) is 7.06. The molecule has 1 fully saturated rings. The van der Waals surface area contributed by atoms with Crippen LogP contribution in [0.25, 0.3) is 0 Å². The lowest BCUT2D eigenvalue weighted by Gasteiger charge is -2.53. The molecule has 106 valence electrons. The van der Waals surface area contributed by atoms with Gasteiger partial charge >= 0.3 is 6.09 Å². The second kappa shape index (κ2) is 5.10. The van der Waals surface area contributed by atoms with Gasteiger partial charge in [0.25, 0.3) is 0 Å². The molecule has 1 N–H and O–H groups in total. The van der Waals surface area contributed by atoms with E-state index in [0.717, 1.165) is 12.8 Å². The van der Waals surface area contributed by atoms with Crippen LogP contribution < -0.4 is 5.32 Å². The zero-order chi connectivity index (χ0) is 14.1. The Morgan fingerprint density at radius 2 is 1.61 bits per heavy atom. The summed E-state index contributed by atoms with van der Waals surface area (Å²) in [6, 6.07) is 0.282. The summed E-state index contributed by atoms with van der Waals surface area (Å²) < 4.78 is 5.28. The van der Waals surface area contributed by atoms with Crippen LogP contribution in [0.5, 0.6) is 0 Å². The third-order valence-corrected chi connectivity index (χ3v) is 4.27. The molecule has 0 heterocycles. The number of alkyl carbamates (subject to hydrolysis) is 1. The van der Waals surface area contributed by atoms with Gasteiger partial charge in [0.05, 0.1) is 0 Å². The molecule has 1 saturated carbocycles. The van der Waals surface area contributed by atoms with Crippen molar-refractivity contribution in [3.05, 3.63) is 0 Å². The van der Waals surface area contributed by atoms with Gasteiger partial charge in [-0.2, -0.15) is 0 Å². The van der Waals surface area contributed by atoms with Gasteiger partial charge in [-0.15, -0.1) is 0 Å². The van der Waals surface area contributed by atoms with Gasteiger partial charge < -0.3 is 10.1 Å². The lowest BCUT2D eigenvalue weighted by molar-refractivity contribution is -0.0229. The van der Waals surface area contributed by atoms with Crippen LogP contribution in [0.3, 0.4) is 0 Å². The van der Waals surface area contributed by atoms with Gasteiger partial charge in [0.2, 0.25) is 0 Å². The maximum absolute atomic E-state index is 11.7. The Balaban J connectivity index is 2.45. The van der Waals surface area contributed by atoms with E-state index in [2.05, 4.69) is 33.0 Å². The quantitative estimate of drug-likeness (QED) is 0.828. The maximum atomic E-state index is 11.7. The monoisotopic (exact) mass is 255 g/mol. The van der Waals surface area contributed by atoms with Crippen LogP contribution in [0.4, 0.5) is 4.79 Å². The van der Waals surface area contributed by atoms with Crippen LogP contribution in [0.15, 0.2) is 0 Å². The van der Waals surface area contributed by atoms with E-state index in [4.69, 9.17) is 4.74 Å². The smallest absolute Gasteiger partial charge is 0.407 e. The van der Waals surface area contributed by atoms with Crippen molar-refractivity contribution in [3.8, 4) is 0 Å². The highest BCUT2D eigenvalue weighted by atomic mass is 16.6. The summed E-state index contributed by atoms with van der Waals surface area (Å²) in [6.45, 7) is 14.8. The van der Waals surface area contributed by atoms with Crippen molar-refractivity contribution in [3.63, 3.8) is 0 Å². The molecule has 18 heavy (non-hydrogen) atoms. The SMILES string of the molecule is CC(C)C1(C(C)C)CC(NC(=O)OC(C)(C)C)C1. The molecule has 0 radical (unpaired) electrons. The fourth-order valence-corrected chi connectivity index (χ4v) is 3.04. The van der Waals surface area contributed by atoms with E-state index in [9.17, 15) is 4.79 Å². The maximum Gasteiger partial charge on any atom is 0.407 e. The molecule has 1 rings (SSSR count). The number of amides is 1. The molecule has 0 aliphatic heterocycles. The van der Waals surface area contributed by atoms with Crippen molar-refractivity contribution in [2.75, 3.05) is 0 Å². The molecule has 0 unspecified atom stereocenters. The summed E-state index contributed by atoms with van der Waals surface area (Å²) in [7, 11) is 0. The Morgan fingerprint density at radius 3 is 1.94 bits per heavy atom. The van der Waals surface area contributed by atoms with E-state index >= 15 is 0 Å². The second-order valence-corrected chi connectivity index (χ2v) is 7.29. The van der Waals surface area contributed by atoms with Gasteiger partial charge in [0.15, 0.2) is 0 Å². The fraction of sp³-hybridized carbons (Fsp3) is 0.933. The summed E-state index contributed by atoms with van der Waals surface area (Å²) >= 11 is 0. The highest BCUT2D eigenvalue weighted by molar-refractivity contribution is 5.68. The molecule has 0 bridgehead atoms. The van der Waals surface area contributed by atoms with Crippen molar-refractivity contribution >= 4 is 6.09 Å². The lowest BCUT2D eigenvalue weighted by Crippen LogP contribution is -2.55. The topological polar surface area (TPSA) is 38.3 Å². The summed E-state index contributed by atoms with van der Waals surface area (Å²) in [5, 5.41) is 2.98. The summed E-state index contributed by atoms with van der Waals surface area (Å²) in [5.41, 5.74) is -0.0271. The van der Waals surface area contributed by atoms with Crippen LogP contribution in [0.1, 0.15) is 61.3 Å². The van der Waals surface area contributed by atoms with Crippen molar-refractivity contribution < 1.29 is 9.53 Å². The van der Waals surface area contributed by atoms with Crippen molar-refractivity contribution in [2.45, 2.75) is 73.0 Å². The summed E-state index contributed by atoms with van der Waals surface area (Å²) in [6.07, 6.45) is 1.86. The molecule has 0 spiro atoms. The first kappa shape index (κ1) is 15.3. The van der Waals surface area contributed by atoms with Crippen LogP contribution in [-0.4, -0.2) is 17.7 Å². The van der Waals surface area contributed by atoms with Gasteiger partial charge in [-0.1, -0.05) is 27.7 Å². The minimum Gasteiger partial charge on any atom is -0.444 e. The predicted molar refractivity (Wildman–Crippen MR) is 74.5 cm³/mol. The average molecular weight is 255 g/mol. The first-order chi connectivity index (χ1) is 8.07. The molecule has 3 nitrogen and oxygen atoms in total. The number of nitrogens with one attached hydrogen (secondary N) is 1. The normalized spacial score (nSPS) is 19.8. The third kappa shape index (κ3) is 3.39. The van der Waals surface area contributed by atoms with Crippen LogP contribution in [0, 0.1) is 17.3 Å². The molecule has 0 atom stereocenters. The Labute approximate surface area is 112 Å². The van der Waals surface area contributed by atoms with Crippen LogP contribution in [-0.2, 0) is 4.74 Å². The number of carbonyl (C=O) groups is 1. The number of rotatable bonds is 3. The van der Waals surface area contributed by atoms with Gasteiger partial charge in [-0.05, 0) is 50.9 Å². The van der Waals surface area contributed by atoms with E-state index in [-0.39, 0.29) is 12.1 Å². The van der Waals surface area contributed by atoms with E-state index < -0.39 is 5.60 Å². The van der Waals surface area contributed by atoms with Crippen molar-refractivity contribution in [1.82, 2.24) is 5.32 Å². The Hall–Kier alpha value is -0.730.